The Labute approximate surface area is 180 Å². The van der Waals surface area contributed by atoms with Crippen LogP contribution >= 0.6 is 0 Å². The summed E-state index contributed by atoms with van der Waals surface area (Å²) >= 11 is 0. The summed E-state index contributed by atoms with van der Waals surface area (Å²) in [6, 6.07) is 0. The molecule has 4 heteroatoms. The van der Waals surface area contributed by atoms with Gasteiger partial charge in [-0.2, -0.15) is 0 Å². The summed E-state index contributed by atoms with van der Waals surface area (Å²) in [7, 11) is 0. The quantitative estimate of drug-likeness (QED) is 0.153. The number of unbranched alkanes of at least 4 members (excludes halogenated alkanes) is 16. The van der Waals surface area contributed by atoms with E-state index in [1.54, 1.807) is 6.92 Å². The molecule has 4 nitrogen and oxygen atoms in total. The van der Waals surface area contributed by atoms with Gasteiger partial charge in [-0.1, -0.05) is 110 Å². The fraction of sp³-hybridized carbons (Fsp3) is 0.920. The van der Waals surface area contributed by atoms with E-state index in [-0.39, 0.29) is 24.7 Å². The molecule has 0 bridgehead atoms. The van der Waals surface area contributed by atoms with Gasteiger partial charge in [0.05, 0.1) is 13.0 Å². The molecule has 0 heterocycles. The summed E-state index contributed by atoms with van der Waals surface area (Å²) in [6.45, 7) is 5.15. The zero-order chi connectivity index (χ0) is 21.4. The number of rotatable bonds is 22. The van der Waals surface area contributed by atoms with Crippen molar-refractivity contribution >= 4 is 11.9 Å². The van der Waals surface area contributed by atoms with Crippen LogP contribution < -0.4 is 5.32 Å². The van der Waals surface area contributed by atoms with Crippen molar-refractivity contribution < 1.29 is 14.3 Å². The van der Waals surface area contributed by atoms with Gasteiger partial charge in [0, 0.05) is 13.0 Å². The number of esters is 1. The second-order valence-electron chi connectivity index (χ2n) is 8.31. The molecule has 0 saturated heterocycles. The molecular weight excluding hydrogens is 362 g/mol. The second-order valence-corrected chi connectivity index (χ2v) is 8.31. The molecule has 1 amide bonds. The highest BCUT2D eigenvalue weighted by Crippen LogP contribution is 2.13. The maximum absolute atomic E-state index is 11.6. The molecule has 29 heavy (non-hydrogen) atoms. The normalized spacial score (nSPS) is 10.8. The molecule has 0 aromatic heterocycles. The van der Waals surface area contributed by atoms with Gasteiger partial charge in [0.2, 0.25) is 5.91 Å². The number of nitrogens with one attached hydrogen (secondary N) is 1. The lowest BCUT2D eigenvalue weighted by molar-refractivity contribution is -0.144. The Morgan fingerprint density at radius 3 is 1.41 bits per heavy atom. The topological polar surface area (TPSA) is 55.4 Å². The smallest absolute Gasteiger partial charge is 0.306 e. The minimum absolute atomic E-state index is 0.0467. The van der Waals surface area contributed by atoms with Crippen LogP contribution in [0.3, 0.4) is 0 Å². The molecule has 172 valence electrons. The van der Waals surface area contributed by atoms with Crippen LogP contribution in [0, 0.1) is 0 Å². The third-order valence-electron chi connectivity index (χ3n) is 5.46. The van der Waals surface area contributed by atoms with Gasteiger partial charge in [0.1, 0.15) is 0 Å². The van der Waals surface area contributed by atoms with Gasteiger partial charge in [-0.3, -0.25) is 9.59 Å². The number of amides is 1. The first-order chi connectivity index (χ1) is 14.2. The van der Waals surface area contributed by atoms with Gasteiger partial charge >= 0.3 is 5.97 Å². The molecule has 0 radical (unpaired) electrons. The molecule has 0 unspecified atom stereocenters. The molecular formula is C25H49NO3. The van der Waals surface area contributed by atoms with Gasteiger partial charge in [-0.15, -0.1) is 0 Å². The van der Waals surface area contributed by atoms with Crippen molar-refractivity contribution in [3.05, 3.63) is 0 Å². The van der Waals surface area contributed by atoms with E-state index >= 15 is 0 Å². The minimum Gasteiger partial charge on any atom is -0.466 e. The van der Waals surface area contributed by atoms with E-state index in [1.807, 2.05) is 0 Å². The minimum atomic E-state index is -0.291. The van der Waals surface area contributed by atoms with Crippen LogP contribution in [0.25, 0.3) is 0 Å². The first kappa shape index (κ1) is 27.9. The van der Waals surface area contributed by atoms with Gasteiger partial charge in [-0.25, -0.2) is 0 Å². The number of ether oxygens (including phenoxy) is 1. The molecule has 0 aromatic carbocycles. The second kappa shape index (κ2) is 23.2. The van der Waals surface area contributed by atoms with E-state index in [1.165, 1.54) is 103 Å². The van der Waals surface area contributed by atoms with Crippen molar-refractivity contribution in [3.63, 3.8) is 0 Å². The Balaban J connectivity index is 3.15. The Morgan fingerprint density at radius 2 is 1.00 bits per heavy atom. The van der Waals surface area contributed by atoms with Crippen molar-refractivity contribution in [2.24, 2.45) is 0 Å². The molecule has 0 aliphatic rings. The van der Waals surface area contributed by atoms with E-state index in [4.69, 9.17) is 4.74 Å². The lowest BCUT2D eigenvalue weighted by atomic mass is 10.0. The van der Waals surface area contributed by atoms with Crippen LogP contribution in [0.15, 0.2) is 0 Å². The predicted molar refractivity (Wildman–Crippen MR) is 123 cm³/mol. The Morgan fingerprint density at radius 1 is 0.586 bits per heavy atom. The van der Waals surface area contributed by atoms with Gasteiger partial charge < -0.3 is 10.1 Å². The van der Waals surface area contributed by atoms with E-state index < -0.39 is 0 Å². The number of carbonyl (C=O) groups excluding carboxylic acids is 2. The monoisotopic (exact) mass is 411 g/mol. The van der Waals surface area contributed by atoms with Crippen molar-refractivity contribution in [2.75, 3.05) is 13.2 Å². The summed E-state index contributed by atoms with van der Waals surface area (Å²) in [5.74, 6) is -0.338. The lowest BCUT2D eigenvalue weighted by Crippen LogP contribution is -2.25. The molecule has 0 aliphatic carbocycles. The third kappa shape index (κ3) is 23.1. The highest BCUT2D eigenvalue weighted by Gasteiger charge is 2.06. The highest BCUT2D eigenvalue weighted by atomic mass is 16.5. The molecule has 0 atom stereocenters. The molecule has 0 rings (SSSR count). The summed E-state index contributed by atoms with van der Waals surface area (Å²) in [6.07, 6.45) is 23.5. The average Bonchev–Trinajstić information content (AvgIpc) is 2.71. The Bertz CT molecular complexity index is 371. The summed E-state index contributed by atoms with van der Waals surface area (Å²) in [5.41, 5.74) is 0. The molecule has 0 spiro atoms. The van der Waals surface area contributed by atoms with Gasteiger partial charge in [-0.05, 0) is 13.3 Å². The zero-order valence-corrected chi connectivity index (χ0v) is 19.6. The van der Waals surface area contributed by atoms with Crippen molar-refractivity contribution in [1.82, 2.24) is 5.32 Å². The Hall–Kier alpha value is -1.06. The molecule has 1 N–H and O–H groups in total. The molecule has 0 aliphatic heterocycles. The first-order valence-electron chi connectivity index (χ1n) is 12.6. The van der Waals surface area contributed by atoms with Crippen molar-refractivity contribution in [3.8, 4) is 0 Å². The van der Waals surface area contributed by atoms with Crippen molar-refractivity contribution in [1.29, 1.82) is 0 Å². The van der Waals surface area contributed by atoms with E-state index in [0.717, 1.165) is 13.0 Å². The van der Waals surface area contributed by atoms with Crippen LogP contribution in [-0.4, -0.2) is 25.0 Å². The van der Waals surface area contributed by atoms with Crippen LogP contribution in [-0.2, 0) is 14.3 Å². The van der Waals surface area contributed by atoms with Crippen LogP contribution in [0.2, 0.25) is 0 Å². The van der Waals surface area contributed by atoms with E-state index in [9.17, 15) is 9.59 Å². The fourth-order valence-electron chi connectivity index (χ4n) is 3.61. The number of hydrogen-bond acceptors (Lipinski definition) is 3. The highest BCUT2D eigenvalue weighted by molar-refractivity contribution is 5.81. The van der Waals surface area contributed by atoms with Crippen LogP contribution in [0.5, 0.6) is 0 Å². The van der Waals surface area contributed by atoms with Crippen LogP contribution in [0.4, 0.5) is 0 Å². The SMILES string of the molecule is CCCCCCCCCCCCCCCCCCCNC(=O)CCC(=O)OCC. The zero-order valence-electron chi connectivity index (χ0n) is 19.6. The van der Waals surface area contributed by atoms with Crippen LogP contribution in [0.1, 0.15) is 136 Å². The van der Waals surface area contributed by atoms with Crippen molar-refractivity contribution in [2.45, 2.75) is 136 Å². The summed E-state index contributed by atoms with van der Waals surface area (Å²) in [4.78, 5) is 22.8. The maximum Gasteiger partial charge on any atom is 0.306 e. The third-order valence-corrected chi connectivity index (χ3v) is 5.46. The van der Waals surface area contributed by atoms with E-state index in [0.29, 0.717) is 6.61 Å². The summed E-state index contributed by atoms with van der Waals surface area (Å²) < 4.78 is 4.82. The predicted octanol–water partition coefficient (Wildman–Crippen LogP) is 7.10. The standard InChI is InChI=1S/C25H49NO3/c1-3-5-6-7-8-9-10-11-12-13-14-15-16-17-18-19-20-23-26-24(27)21-22-25(28)29-4-2/h3-23H2,1-2H3,(H,26,27). The molecule has 0 aromatic rings. The number of carbonyl (C=O) groups is 2. The Kier molecular flexibility index (Phi) is 22.4. The van der Waals surface area contributed by atoms with E-state index in [2.05, 4.69) is 12.2 Å². The first-order valence-corrected chi connectivity index (χ1v) is 12.6. The fourth-order valence-corrected chi connectivity index (χ4v) is 3.61. The molecule has 0 saturated carbocycles. The van der Waals surface area contributed by atoms with Gasteiger partial charge in [0.25, 0.3) is 0 Å². The lowest BCUT2D eigenvalue weighted by Gasteiger charge is -2.06. The molecule has 0 fully saturated rings. The van der Waals surface area contributed by atoms with Gasteiger partial charge in [0.15, 0.2) is 0 Å². The number of hydrogen-bond donors (Lipinski definition) is 1. The summed E-state index contributed by atoms with van der Waals surface area (Å²) in [5, 5.41) is 2.89. The maximum atomic E-state index is 11.6. The largest absolute Gasteiger partial charge is 0.466 e. The average molecular weight is 412 g/mol.